The highest BCUT2D eigenvalue weighted by Crippen LogP contribution is 2.23. The summed E-state index contributed by atoms with van der Waals surface area (Å²) in [6.45, 7) is 15.0. The zero-order valence-electron chi connectivity index (χ0n) is 15.5. The minimum absolute atomic E-state index is 0.0840. The molecule has 24 heavy (non-hydrogen) atoms. The molecule has 136 valence electrons. The van der Waals surface area contributed by atoms with Crippen LogP contribution in [0.2, 0.25) is 0 Å². The quantitative estimate of drug-likeness (QED) is 0.882. The van der Waals surface area contributed by atoms with Crippen LogP contribution in [0.4, 0.5) is 4.79 Å². The SMILES string of the molecule is C[C@H](CN1CCN([C@@H](C)c2ccsc2)CC1)NC(=O)OC(C)(C)C. The molecule has 1 fully saturated rings. The van der Waals surface area contributed by atoms with E-state index in [1.165, 1.54) is 5.56 Å². The summed E-state index contributed by atoms with van der Waals surface area (Å²) in [6.07, 6.45) is -0.334. The van der Waals surface area contributed by atoms with Crippen molar-refractivity contribution in [1.29, 1.82) is 0 Å². The Labute approximate surface area is 150 Å². The highest BCUT2D eigenvalue weighted by Gasteiger charge is 2.24. The fourth-order valence-electron chi connectivity index (χ4n) is 3.00. The first-order chi connectivity index (χ1) is 11.2. The molecule has 2 heterocycles. The second kappa shape index (κ2) is 8.32. The van der Waals surface area contributed by atoms with Crippen LogP contribution in [0, 0.1) is 0 Å². The van der Waals surface area contributed by atoms with Gasteiger partial charge in [-0.2, -0.15) is 11.3 Å². The van der Waals surface area contributed by atoms with Crippen molar-refractivity contribution in [2.24, 2.45) is 0 Å². The minimum Gasteiger partial charge on any atom is -0.444 e. The molecule has 1 amide bonds. The molecule has 0 radical (unpaired) electrons. The van der Waals surface area contributed by atoms with E-state index in [0.29, 0.717) is 6.04 Å². The second-order valence-electron chi connectivity index (χ2n) is 7.62. The van der Waals surface area contributed by atoms with E-state index < -0.39 is 5.60 Å². The van der Waals surface area contributed by atoms with E-state index >= 15 is 0 Å². The number of carbonyl (C=O) groups excluding carboxylic acids is 1. The van der Waals surface area contributed by atoms with Gasteiger partial charge in [0, 0.05) is 44.8 Å². The van der Waals surface area contributed by atoms with E-state index in [4.69, 9.17) is 4.74 Å². The molecule has 1 saturated heterocycles. The maximum absolute atomic E-state index is 11.8. The lowest BCUT2D eigenvalue weighted by Gasteiger charge is -2.38. The van der Waals surface area contributed by atoms with Crippen molar-refractivity contribution in [3.05, 3.63) is 22.4 Å². The number of rotatable bonds is 5. The second-order valence-corrected chi connectivity index (χ2v) is 8.40. The van der Waals surface area contributed by atoms with Gasteiger partial charge in [-0.3, -0.25) is 9.80 Å². The molecule has 5 nitrogen and oxygen atoms in total. The standard InChI is InChI=1S/C18H31N3O2S/c1-14(19-17(22)23-18(3,4)5)12-20-7-9-21(10-8-20)15(2)16-6-11-24-13-16/h6,11,13-15H,7-10,12H2,1-5H3,(H,19,22)/t14-,15+/m1/s1. The van der Waals surface area contributed by atoms with Gasteiger partial charge in [-0.1, -0.05) is 0 Å². The van der Waals surface area contributed by atoms with Crippen LogP contribution < -0.4 is 5.32 Å². The van der Waals surface area contributed by atoms with E-state index in [1.807, 2.05) is 27.7 Å². The van der Waals surface area contributed by atoms with Gasteiger partial charge in [0.15, 0.2) is 0 Å². The smallest absolute Gasteiger partial charge is 0.407 e. The Hall–Kier alpha value is -1.11. The highest BCUT2D eigenvalue weighted by atomic mass is 32.1. The molecule has 1 aliphatic heterocycles. The van der Waals surface area contributed by atoms with Crippen molar-refractivity contribution in [2.75, 3.05) is 32.7 Å². The predicted molar refractivity (Wildman–Crippen MR) is 99.6 cm³/mol. The van der Waals surface area contributed by atoms with Crippen LogP contribution in [0.25, 0.3) is 0 Å². The number of nitrogens with zero attached hydrogens (tertiary/aromatic N) is 2. The molecule has 2 atom stereocenters. The van der Waals surface area contributed by atoms with Crippen LogP contribution in [-0.4, -0.2) is 60.3 Å². The Morgan fingerprint density at radius 1 is 1.29 bits per heavy atom. The zero-order chi connectivity index (χ0) is 17.7. The molecule has 1 aromatic rings. The number of nitrogens with one attached hydrogen (secondary N) is 1. The fourth-order valence-corrected chi connectivity index (χ4v) is 3.75. The molecule has 0 spiro atoms. The van der Waals surface area contributed by atoms with Crippen molar-refractivity contribution in [3.8, 4) is 0 Å². The van der Waals surface area contributed by atoms with Gasteiger partial charge in [-0.05, 0) is 57.0 Å². The fraction of sp³-hybridized carbons (Fsp3) is 0.722. The Kier molecular flexibility index (Phi) is 6.66. The van der Waals surface area contributed by atoms with Crippen LogP contribution in [0.1, 0.15) is 46.2 Å². The topological polar surface area (TPSA) is 44.8 Å². The van der Waals surface area contributed by atoms with Crippen LogP contribution in [0.5, 0.6) is 0 Å². The first-order valence-corrected chi connectivity index (χ1v) is 9.67. The summed E-state index contributed by atoms with van der Waals surface area (Å²) in [4.78, 5) is 16.8. The Balaban J connectivity index is 1.71. The number of amides is 1. The molecule has 6 heteroatoms. The summed E-state index contributed by atoms with van der Waals surface area (Å²) in [7, 11) is 0. The van der Waals surface area contributed by atoms with E-state index in [-0.39, 0.29) is 12.1 Å². The molecule has 0 aromatic carbocycles. The van der Waals surface area contributed by atoms with Crippen LogP contribution >= 0.6 is 11.3 Å². The number of hydrogen-bond donors (Lipinski definition) is 1. The van der Waals surface area contributed by atoms with Crippen molar-refractivity contribution in [1.82, 2.24) is 15.1 Å². The molecule has 0 unspecified atom stereocenters. The van der Waals surface area contributed by atoms with Gasteiger partial charge in [0.2, 0.25) is 0 Å². The Morgan fingerprint density at radius 2 is 1.96 bits per heavy atom. The third kappa shape index (κ3) is 6.07. The zero-order valence-corrected chi connectivity index (χ0v) is 16.4. The van der Waals surface area contributed by atoms with Crippen molar-refractivity contribution < 1.29 is 9.53 Å². The summed E-state index contributed by atoms with van der Waals surface area (Å²) >= 11 is 1.76. The molecule has 0 saturated carbocycles. The van der Waals surface area contributed by atoms with E-state index in [1.54, 1.807) is 11.3 Å². The molecule has 1 N–H and O–H groups in total. The van der Waals surface area contributed by atoms with Gasteiger partial charge >= 0.3 is 6.09 Å². The average Bonchev–Trinajstić information content (AvgIpc) is 2.99. The van der Waals surface area contributed by atoms with E-state index in [9.17, 15) is 4.79 Å². The molecule has 1 aliphatic rings. The highest BCUT2D eigenvalue weighted by molar-refractivity contribution is 7.07. The summed E-state index contributed by atoms with van der Waals surface area (Å²) < 4.78 is 5.31. The number of alkyl carbamates (subject to hydrolysis) is 1. The maximum Gasteiger partial charge on any atom is 0.407 e. The molecule has 1 aromatic heterocycles. The molecule has 2 rings (SSSR count). The van der Waals surface area contributed by atoms with Crippen LogP contribution in [0.3, 0.4) is 0 Å². The maximum atomic E-state index is 11.8. The van der Waals surface area contributed by atoms with Gasteiger partial charge in [0.05, 0.1) is 0 Å². The van der Waals surface area contributed by atoms with Crippen molar-refractivity contribution >= 4 is 17.4 Å². The number of thiophene rings is 1. The van der Waals surface area contributed by atoms with E-state index in [0.717, 1.165) is 32.7 Å². The predicted octanol–water partition coefficient (Wildman–Crippen LogP) is 3.34. The largest absolute Gasteiger partial charge is 0.444 e. The summed E-state index contributed by atoms with van der Waals surface area (Å²) in [5.41, 5.74) is 0.959. The molecular formula is C18H31N3O2S. The normalized spacial score (nSPS) is 19.7. The van der Waals surface area contributed by atoms with Gasteiger partial charge in [0.25, 0.3) is 0 Å². The van der Waals surface area contributed by atoms with Gasteiger partial charge in [0.1, 0.15) is 5.60 Å². The number of hydrogen-bond acceptors (Lipinski definition) is 5. The van der Waals surface area contributed by atoms with Gasteiger partial charge in [-0.15, -0.1) is 0 Å². The Morgan fingerprint density at radius 3 is 2.50 bits per heavy atom. The summed E-state index contributed by atoms with van der Waals surface area (Å²) in [5.74, 6) is 0. The monoisotopic (exact) mass is 353 g/mol. The van der Waals surface area contributed by atoms with E-state index in [2.05, 4.69) is 38.9 Å². The van der Waals surface area contributed by atoms with Gasteiger partial charge in [-0.25, -0.2) is 4.79 Å². The van der Waals surface area contributed by atoms with Crippen LogP contribution in [-0.2, 0) is 4.74 Å². The molecular weight excluding hydrogens is 322 g/mol. The third-order valence-corrected chi connectivity index (χ3v) is 4.98. The Bertz CT molecular complexity index is 505. The van der Waals surface area contributed by atoms with Crippen molar-refractivity contribution in [3.63, 3.8) is 0 Å². The lowest BCUT2D eigenvalue weighted by Crippen LogP contribution is -2.51. The summed E-state index contributed by atoms with van der Waals surface area (Å²) in [5, 5.41) is 7.31. The molecule has 0 aliphatic carbocycles. The first kappa shape index (κ1) is 19.2. The minimum atomic E-state index is -0.451. The van der Waals surface area contributed by atoms with Crippen molar-refractivity contribution in [2.45, 2.75) is 52.3 Å². The van der Waals surface area contributed by atoms with Crippen LogP contribution in [0.15, 0.2) is 16.8 Å². The lowest BCUT2D eigenvalue weighted by atomic mass is 10.1. The summed E-state index contributed by atoms with van der Waals surface area (Å²) in [6, 6.07) is 2.78. The van der Waals surface area contributed by atoms with Gasteiger partial charge < -0.3 is 10.1 Å². The molecule has 0 bridgehead atoms. The number of ether oxygens (including phenoxy) is 1. The number of piperazine rings is 1. The number of carbonyl (C=O) groups is 1. The first-order valence-electron chi connectivity index (χ1n) is 8.72. The third-order valence-electron chi connectivity index (χ3n) is 4.28. The lowest BCUT2D eigenvalue weighted by molar-refractivity contribution is 0.0479. The average molecular weight is 354 g/mol.